The summed E-state index contributed by atoms with van der Waals surface area (Å²) in [7, 11) is -1.45. The summed E-state index contributed by atoms with van der Waals surface area (Å²) in [6.45, 7) is 3.56. The molecule has 128 valence electrons. The average Bonchev–Trinajstić information content (AvgIpc) is 2.61. The number of para-hydroxylation sites is 2. The molecule has 0 saturated carbocycles. The van der Waals surface area contributed by atoms with Crippen LogP contribution in [-0.2, 0) is 9.84 Å². The maximum Gasteiger partial charge on any atom is 0.175 e. The van der Waals surface area contributed by atoms with Crippen LogP contribution < -0.4 is 14.5 Å². The Morgan fingerprint density at radius 1 is 0.875 bits per heavy atom. The van der Waals surface area contributed by atoms with Gasteiger partial charge in [0, 0.05) is 38.1 Å². The van der Waals surface area contributed by atoms with Crippen LogP contribution in [0, 0.1) is 0 Å². The van der Waals surface area contributed by atoms with Crippen LogP contribution in [-0.4, -0.2) is 48.0 Å². The molecule has 24 heavy (non-hydrogen) atoms. The van der Waals surface area contributed by atoms with Gasteiger partial charge in [-0.2, -0.15) is 0 Å². The molecule has 6 heteroatoms. The highest BCUT2D eigenvalue weighted by molar-refractivity contribution is 7.90. The predicted molar refractivity (Wildman–Crippen MR) is 97.0 cm³/mol. The van der Waals surface area contributed by atoms with Crippen molar-refractivity contribution in [3.05, 3.63) is 48.5 Å². The fourth-order valence-electron chi connectivity index (χ4n) is 3.00. The van der Waals surface area contributed by atoms with Gasteiger partial charge in [0.1, 0.15) is 5.75 Å². The Morgan fingerprint density at radius 2 is 1.46 bits per heavy atom. The molecule has 1 aliphatic heterocycles. The largest absolute Gasteiger partial charge is 0.495 e. The summed E-state index contributed by atoms with van der Waals surface area (Å²) in [5, 5.41) is 0. The van der Waals surface area contributed by atoms with Crippen molar-refractivity contribution < 1.29 is 13.2 Å². The zero-order valence-electron chi connectivity index (χ0n) is 14.0. The molecule has 5 nitrogen and oxygen atoms in total. The molecule has 3 rings (SSSR count). The van der Waals surface area contributed by atoms with Crippen molar-refractivity contribution in [1.82, 2.24) is 0 Å². The van der Waals surface area contributed by atoms with Crippen molar-refractivity contribution in [2.45, 2.75) is 4.90 Å². The second kappa shape index (κ2) is 6.73. The second-order valence-electron chi connectivity index (χ2n) is 5.91. The number of benzene rings is 2. The Labute approximate surface area is 143 Å². The lowest BCUT2D eigenvalue weighted by Gasteiger charge is -2.37. The lowest BCUT2D eigenvalue weighted by molar-refractivity contribution is 0.413. The Balaban J connectivity index is 1.69. The van der Waals surface area contributed by atoms with Crippen molar-refractivity contribution >= 4 is 21.2 Å². The Hall–Kier alpha value is -2.21. The van der Waals surface area contributed by atoms with Gasteiger partial charge in [0.2, 0.25) is 0 Å². The first kappa shape index (κ1) is 16.6. The normalized spacial score (nSPS) is 15.4. The standard InChI is InChI=1S/C18H22N2O3S/c1-23-18-6-4-3-5-17(18)20-13-11-19(12-14-20)15-7-9-16(10-8-15)24(2,21)22/h3-10H,11-14H2,1-2H3. The highest BCUT2D eigenvalue weighted by Crippen LogP contribution is 2.29. The van der Waals surface area contributed by atoms with Crippen LogP contribution in [0.5, 0.6) is 5.75 Å². The van der Waals surface area contributed by atoms with Crippen LogP contribution >= 0.6 is 0 Å². The molecule has 1 fully saturated rings. The van der Waals surface area contributed by atoms with E-state index in [2.05, 4.69) is 15.9 Å². The molecule has 0 aromatic heterocycles. The molecule has 1 saturated heterocycles. The Kier molecular flexibility index (Phi) is 4.66. The minimum Gasteiger partial charge on any atom is -0.495 e. The van der Waals surface area contributed by atoms with Gasteiger partial charge in [-0.3, -0.25) is 0 Å². The SMILES string of the molecule is COc1ccccc1N1CCN(c2ccc(S(C)(=O)=O)cc2)CC1. The molecule has 0 N–H and O–H groups in total. The van der Waals surface area contributed by atoms with Gasteiger partial charge in [-0.1, -0.05) is 12.1 Å². The number of sulfone groups is 1. The van der Waals surface area contributed by atoms with E-state index in [-0.39, 0.29) is 0 Å². The highest BCUT2D eigenvalue weighted by atomic mass is 32.2. The quantitative estimate of drug-likeness (QED) is 0.851. The number of hydrogen-bond donors (Lipinski definition) is 0. The topological polar surface area (TPSA) is 49.9 Å². The zero-order chi connectivity index (χ0) is 17.2. The van der Waals surface area contributed by atoms with Crippen molar-refractivity contribution in [2.24, 2.45) is 0 Å². The number of nitrogens with zero attached hydrogens (tertiary/aromatic N) is 2. The molecule has 0 atom stereocenters. The van der Waals surface area contributed by atoms with Crippen molar-refractivity contribution in [3.8, 4) is 5.75 Å². The number of ether oxygens (including phenoxy) is 1. The van der Waals surface area contributed by atoms with Gasteiger partial charge in [-0.05, 0) is 36.4 Å². The molecule has 0 aliphatic carbocycles. The summed E-state index contributed by atoms with van der Waals surface area (Å²) >= 11 is 0. The maximum absolute atomic E-state index is 11.5. The molecule has 1 aliphatic rings. The van der Waals surface area contributed by atoms with Crippen molar-refractivity contribution in [2.75, 3.05) is 49.3 Å². The molecular formula is C18H22N2O3S. The molecule has 0 spiro atoms. The van der Waals surface area contributed by atoms with E-state index in [1.165, 1.54) is 6.26 Å². The van der Waals surface area contributed by atoms with Crippen LogP contribution in [0.3, 0.4) is 0 Å². The van der Waals surface area contributed by atoms with Crippen molar-refractivity contribution in [1.29, 1.82) is 0 Å². The van der Waals surface area contributed by atoms with Crippen LogP contribution in [0.2, 0.25) is 0 Å². The summed E-state index contributed by atoms with van der Waals surface area (Å²) in [5.41, 5.74) is 2.18. The van der Waals surface area contributed by atoms with Gasteiger partial charge in [0.05, 0.1) is 17.7 Å². The van der Waals surface area contributed by atoms with E-state index in [9.17, 15) is 8.42 Å². The van der Waals surface area contributed by atoms with E-state index in [0.29, 0.717) is 4.90 Å². The molecule has 0 amide bonds. The minimum absolute atomic E-state index is 0.360. The second-order valence-corrected chi connectivity index (χ2v) is 7.93. The summed E-state index contributed by atoms with van der Waals surface area (Å²) in [5.74, 6) is 0.892. The fraction of sp³-hybridized carbons (Fsp3) is 0.333. The smallest absolute Gasteiger partial charge is 0.175 e. The number of piperazine rings is 1. The van der Waals surface area contributed by atoms with Gasteiger partial charge in [-0.15, -0.1) is 0 Å². The Morgan fingerprint density at radius 3 is 2.04 bits per heavy atom. The number of rotatable bonds is 4. The highest BCUT2D eigenvalue weighted by Gasteiger charge is 2.20. The van der Waals surface area contributed by atoms with Gasteiger partial charge >= 0.3 is 0 Å². The predicted octanol–water partition coefficient (Wildman–Crippen LogP) is 2.43. The molecule has 1 heterocycles. The molecule has 0 unspecified atom stereocenters. The average molecular weight is 346 g/mol. The van der Waals surface area contributed by atoms with Crippen LogP contribution in [0.15, 0.2) is 53.4 Å². The lowest BCUT2D eigenvalue weighted by Crippen LogP contribution is -2.46. The first-order valence-electron chi connectivity index (χ1n) is 7.92. The molecule has 2 aromatic carbocycles. The van der Waals surface area contributed by atoms with Crippen LogP contribution in [0.4, 0.5) is 11.4 Å². The van der Waals surface area contributed by atoms with E-state index < -0.39 is 9.84 Å². The third kappa shape index (κ3) is 3.48. The zero-order valence-corrected chi connectivity index (χ0v) is 14.8. The van der Waals surface area contributed by atoms with E-state index in [4.69, 9.17) is 4.74 Å². The summed E-state index contributed by atoms with van der Waals surface area (Å²) in [6, 6.07) is 15.2. The van der Waals surface area contributed by atoms with E-state index in [1.807, 2.05) is 30.3 Å². The molecular weight excluding hydrogens is 324 g/mol. The van der Waals surface area contributed by atoms with Crippen LogP contribution in [0.25, 0.3) is 0 Å². The number of methoxy groups -OCH3 is 1. The fourth-order valence-corrected chi connectivity index (χ4v) is 3.63. The minimum atomic E-state index is -3.14. The first-order valence-corrected chi connectivity index (χ1v) is 9.81. The lowest BCUT2D eigenvalue weighted by atomic mass is 10.2. The third-order valence-corrected chi connectivity index (χ3v) is 5.46. The summed E-state index contributed by atoms with van der Waals surface area (Å²) < 4.78 is 28.5. The maximum atomic E-state index is 11.5. The molecule has 0 bridgehead atoms. The monoisotopic (exact) mass is 346 g/mol. The van der Waals surface area contributed by atoms with E-state index in [1.54, 1.807) is 19.2 Å². The molecule has 2 aromatic rings. The first-order chi connectivity index (χ1) is 11.5. The third-order valence-electron chi connectivity index (χ3n) is 4.34. The Bertz CT molecular complexity index is 795. The number of hydrogen-bond acceptors (Lipinski definition) is 5. The van der Waals surface area contributed by atoms with Crippen LogP contribution in [0.1, 0.15) is 0 Å². The summed E-state index contributed by atoms with van der Waals surface area (Å²) in [6.07, 6.45) is 1.23. The van der Waals surface area contributed by atoms with Gasteiger partial charge < -0.3 is 14.5 Å². The van der Waals surface area contributed by atoms with Gasteiger partial charge in [0.15, 0.2) is 9.84 Å². The van der Waals surface area contributed by atoms with E-state index >= 15 is 0 Å². The van der Waals surface area contributed by atoms with E-state index in [0.717, 1.165) is 43.3 Å². The summed E-state index contributed by atoms with van der Waals surface area (Å²) in [4.78, 5) is 4.96. The van der Waals surface area contributed by atoms with Gasteiger partial charge in [0.25, 0.3) is 0 Å². The molecule has 0 radical (unpaired) electrons. The van der Waals surface area contributed by atoms with Crippen molar-refractivity contribution in [3.63, 3.8) is 0 Å². The number of anilines is 2. The van der Waals surface area contributed by atoms with Gasteiger partial charge in [-0.25, -0.2) is 8.42 Å².